The maximum Gasteiger partial charge on any atom is 0.277 e. The number of ether oxygens (including phenoxy) is 1. The number of amides is 1. The van der Waals surface area contributed by atoms with Crippen molar-refractivity contribution in [1.82, 2.24) is 14.7 Å². The summed E-state index contributed by atoms with van der Waals surface area (Å²) in [7, 11) is 1.55. The van der Waals surface area contributed by atoms with Crippen LogP contribution in [0.3, 0.4) is 0 Å². The average Bonchev–Trinajstić information content (AvgIpc) is 3.17. The van der Waals surface area contributed by atoms with E-state index in [-0.39, 0.29) is 34.9 Å². The smallest absolute Gasteiger partial charge is 0.277 e. The van der Waals surface area contributed by atoms with Crippen molar-refractivity contribution >= 4 is 11.6 Å². The fourth-order valence-electron chi connectivity index (χ4n) is 4.33. The molecule has 9 heteroatoms. The van der Waals surface area contributed by atoms with Crippen LogP contribution < -0.4 is 10.1 Å². The zero-order chi connectivity index (χ0) is 26.9. The molecule has 0 unspecified atom stereocenters. The van der Waals surface area contributed by atoms with Crippen molar-refractivity contribution in [3.8, 4) is 28.4 Å². The SMILES string of the molecule is CCC(F)(F)c1cccc(NC(=O)c2c(C)nc(-c3cc(-c4c(C)cccc4C)c(OC)cn3)n2O)c1. The lowest BCUT2D eigenvalue weighted by Gasteiger charge is -2.15. The molecule has 0 spiro atoms. The van der Waals surface area contributed by atoms with Gasteiger partial charge in [-0.3, -0.25) is 4.79 Å². The van der Waals surface area contributed by atoms with E-state index in [1.54, 1.807) is 26.3 Å². The van der Waals surface area contributed by atoms with Crippen molar-refractivity contribution < 1.29 is 23.5 Å². The molecular formula is C28H28F2N4O3. The van der Waals surface area contributed by atoms with E-state index in [2.05, 4.69) is 15.3 Å². The van der Waals surface area contributed by atoms with Gasteiger partial charge < -0.3 is 15.3 Å². The lowest BCUT2D eigenvalue weighted by Crippen LogP contribution is -2.18. The van der Waals surface area contributed by atoms with Crippen LogP contribution >= 0.6 is 0 Å². The highest BCUT2D eigenvalue weighted by Crippen LogP contribution is 2.37. The van der Waals surface area contributed by atoms with Gasteiger partial charge in [0.15, 0.2) is 11.5 Å². The molecule has 192 valence electrons. The molecule has 0 radical (unpaired) electrons. The molecule has 4 rings (SSSR count). The molecule has 0 saturated carbocycles. The summed E-state index contributed by atoms with van der Waals surface area (Å²) in [6.45, 7) is 6.95. The number of pyridine rings is 1. The molecule has 0 aliphatic heterocycles. The van der Waals surface area contributed by atoms with E-state index in [1.807, 2.05) is 32.0 Å². The number of methoxy groups -OCH3 is 1. The summed E-state index contributed by atoms with van der Waals surface area (Å²) in [6, 6.07) is 13.2. The first kappa shape index (κ1) is 25.8. The van der Waals surface area contributed by atoms with Gasteiger partial charge in [-0.05, 0) is 55.7 Å². The van der Waals surface area contributed by atoms with Gasteiger partial charge in [0.05, 0.1) is 19.0 Å². The van der Waals surface area contributed by atoms with Crippen LogP contribution in [0.5, 0.6) is 5.75 Å². The van der Waals surface area contributed by atoms with Crippen LogP contribution in [-0.2, 0) is 5.92 Å². The highest BCUT2D eigenvalue weighted by molar-refractivity contribution is 6.04. The molecule has 0 atom stereocenters. The Morgan fingerprint density at radius 1 is 1.11 bits per heavy atom. The summed E-state index contributed by atoms with van der Waals surface area (Å²) in [5.41, 5.74) is 4.23. The summed E-state index contributed by atoms with van der Waals surface area (Å²) in [6.07, 6.45) is 1.18. The van der Waals surface area contributed by atoms with Crippen LogP contribution in [0, 0.1) is 20.8 Å². The standard InChI is InChI=1S/C28H28F2N4O3/c1-6-28(29,30)19-11-8-12-20(13-19)33-27(35)25-18(4)32-26(34(25)36)22-14-21(23(37-5)15-31-22)24-16(2)9-7-10-17(24)3/h7-15,36H,6H2,1-5H3,(H,33,35). The molecule has 2 aromatic carbocycles. The van der Waals surface area contributed by atoms with Crippen LogP contribution in [0.2, 0.25) is 0 Å². The molecule has 0 aliphatic rings. The van der Waals surface area contributed by atoms with Crippen molar-refractivity contribution in [2.75, 3.05) is 12.4 Å². The maximum atomic E-state index is 14.1. The third kappa shape index (κ3) is 4.89. The van der Waals surface area contributed by atoms with Gasteiger partial charge in [-0.25, -0.2) is 18.7 Å². The van der Waals surface area contributed by atoms with Crippen molar-refractivity contribution in [2.24, 2.45) is 0 Å². The molecule has 0 aliphatic carbocycles. The number of anilines is 1. The third-order valence-corrected chi connectivity index (χ3v) is 6.30. The lowest BCUT2D eigenvalue weighted by molar-refractivity contribution is -0.00824. The van der Waals surface area contributed by atoms with Gasteiger partial charge in [0, 0.05) is 23.2 Å². The number of nitrogens with zero attached hydrogens (tertiary/aromatic N) is 3. The number of nitrogens with one attached hydrogen (secondary N) is 1. The van der Waals surface area contributed by atoms with Crippen LogP contribution in [0.4, 0.5) is 14.5 Å². The minimum absolute atomic E-state index is 0.0593. The monoisotopic (exact) mass is 506 g/mol. The molecule has 2 N–H and O–H groups in total. The Kier molecular flexibility index (Phi) is 6.98. The summed E-state index contributed by atoms with van der Waals surface area (Å²) < 4.78 is 34.4. The van der Waals surface area contributed by atoms with Crippen LogP contribution in [0.25, 0.3) is 22.6 Å². The predicted molar refractivity (Wildman–Crippen MR) is 137 cm³/mol. The minimum atomic E-state index is -3.02. The van der Waals surface area contributed by atoms with Crippen LogP contribution in [-0.4, -0.2) is 32.9 Å². The number of carbonyl (C=O) groups excluding carboxylic acids is 1. The molecule has 7 nitrogen and oxygen atoms in total. The van der Waals surface area contributed by atoms with Crippen molar-refractivity contribution in [1.29, 1.82) is 0 Å². The second kappa shape index (κ2) is 10.0. The average molecular weight is 507 g/mol. The maximum absolute atomic E-state index is 14.1. The number of imidazole rings is 1. The van der Waals surface area contributed by atoms with E-state index in [0.717, 1.165) is 22.3 Å². The van der Waals surface area contributed by atoms with Crippen LogP contribution in [0.15, 0.2) is 54.7 Å². The van der Waals surface area contributed by atoms with E-state index in [0.29, 0.717) is 16.2 Å². The minimum Gasteiger partial charge on any atom is -0.494 e. The zero-order valence-electron chi connectivity index (χ0n) is 21.3. The number of hydrogen-bond donors (Lipinski definition) is 2. The number of rotatable bonds is 7. The first-order valence-electron chi connectivity index (χ1n) is 11.8. The van der Waals surface area contributed by atoms with Gasteiger partial charge in [0.25, 0.3) is 11.8 Å². The van der Waals surface area contributed by atoms with Gasteiger partial charge in [-0.2, -0.15) is 4.73 Å². The second-order valence-electron chi connectivity index (χ2n) is 8.81. The van der Waals surface area contributed by atoms with E-state index in [9.17, 15) is 18.8 Å². The Labute approximate surface area is 213 Å². The predicted octanol–water partition coefficient (Wildman–Crippen LogP) is 6.54. The quantitative estimate of drug-likeness (QED) is 0.278. The first-order chi connectivity index (χ1) is 17.6. The number of aryl methyl sites for hydroxylation is 3. The molecule has 0 saturated heterocycles. The Morgan fingerprint density at radius 2 is 1.78 bits per heavy atom. The molecule has 0 fully saturated rings. The molecular weight excluding hydrogens is 478 g/mol. The number of carbonyl (C=O) groups is 1. The van der Waals surface area contributed by atoms with Crippen molar-refractivity contribution in [2.45, 2.75) is 40.0 Å². The Bertz CT molecular complexity index is 1460. The first-order valence-corrected chi connectivity index (χ1v) is 11.8. The fourth-order valence-corrected chi connectivity index (χ4v) is 4.33. The van der Waals surface area contributed by atoms with E-state index < -0.39 is 11.8 Å². The summed E-state index contributed by atoms with van der Waals surface area (Å²) in [5, 5.41) is 13.5. The van der Waals surface area contributed by atoms with E-state index >= 15 is 0 Å². The molecule has 1 amide bonds. The Morgan fingerprint density at radius 3 is 2.43 bits per heavy atom. The topological polar surface area (TPSA) is 89.3 Å². The van der Waals surface area contributed by atoms with E-state index in [1.165, 1.54) is 31.2 Å². The summed E-state index contributed by atoms with van der Waals surface area (Å²) in [5.74, 6) is -3.10. The zero-order valence-corrected chi connectivity index (χ0v) is 21.3. The summed E-state index contributed by atoms with van der Waals surface area (Å²) in [4.78, 5) is 21.8. The van der Waals surface area contributed by atoms with Gasteiger partial charge in [0.1, 0.15) is 11.4 Å². The number of hydrogen-bond acceptors (Lipinski definition) is 5. The summed E-state index contributed by atoms with van der Waals surface area (Å²) >= 11 is 0. The number of benzene rings is 2. The molecule has 0 bridgehead atoms. The second-order valence-corrected chi connectivity index (χ2v) is 8.81. The third-order valence-electron chi connectivity index (χ3n) is 6.30. The molecule has 2 heterocycles. The van der Waals surface area contributed by atoms with Crippen molar-refractivity contribution in [3.63, 3.8) is 0 Å². The van der Waals surface area contributed by atoms with Gasteiger partial charge in [-0.15, -0.1) is 0 Å². The largest absolute Gasteiger partial charge is 0.494 e. The fraction of sp³-hybridized carbons (Fsp3) is 0.250. The van der Waals surface area contributed by atoms with Gasteiger partial charge in [-0.1, -0.05) is 37.3 Å². The molecule has 4 aromatic rings. The van der Waals surface area contributed by atoms with Gasteiger partial charge >= 0.3 is 0 Å². The number of alkyl halides is 2. The molecule has 37 heavy (non-hydrogen) atoms. The number of aromatic nitrogens is 3. The lowest BCUT2D eigenvalue weighted by atomic mass is 9.95. The van der Waals surface area contributed by atoms with Crippen molar-refractivity contribution in [3.05, 3.63) is 82.8 Å². The highest BCUT2D eigenvalue weighted by Gasteiger charge is 2.29. The van der Waals surface area contributed by atoms with Gasteiger partial charge in [0.2, 0.25) is 0 Å². The van der Waals surface area contributed by atoms with E-state index in [4.69, 9.17) is 4.74 Å². The highest BCUT2D eigenvalue weighted by atomic mass is 19.3. The van der Waals surface area contributed by atoms with Crippen LogP contribution in [0.1, 0.15) is 46.2 Å². The number of halogens is 2. The molecule has 2 aromatic heterocycles. The Balaban J connectivity index is 1.72. The Hall–Kier alpha value is -4.27. The normalized spacial score (nSPS) is 11.4.